The van der Waals surface area contributed by atoms with Crippen molar-refractivity contribution in [1.29, 1.82) is 0 Å². The second-order valence-corrected chi connectivity index (χ2v) is 8.56. The van der Waals surface area contributed by atoms with Crippen LogP contribution in [0.1, 0.15) is 24.5 Å². The lowest BCUT2D eigenvalue weighted by atomic mass is 10.0. The van der Waals surface area contributed by atoms with E-state index < -0.39 is 22.1 Å². The molecule has 0 aliphatic carbocycles. The molecular formula is C17H23N3O4S. The van der Waals surface area contributed by atoms with Gasteiger partial charge in [-0.25, -0.2) is 8.42 Å². The van der Waals surface area contributed by atoms with Crippen LogP contribution in [0.3, 0.4) is 0 Å². The SMILES string of the molecule is CC[C@@H]1NC(=O)[C@H]2CN(S(=O)(=O)c3cc(C)ccc3C)CCN2C1=O. The molecule has 136 valence electrons. The van der Waals surface area contributed by atoms with E-state index in [2.05, 4.69) is 5.32 Å². The van der Waals surface area contributed by atoms with Crippen LogP contribution in [0.4, 0.5) is 0 Å². The standard InChI is InChI=1S/C17H23N3O4S/c1-4-13-17(22)20-8-7-19(10-14(20)16(21)18-13)25(23,24)15-9-11(2)5-6-12(15)3/h5-6,9,13-14H,4,7-8,10H2,1-3H3,(H,18,21)/t13-,14+/m0/s1. The molecule has 25 heavy (non-hydrogen) atoms. The van der Waals surface area contributed by atoms with Gasteiger partial charge in [-0.2, -0.15) is 4.31 Å². The number of benzene rings is 1. The average molecular weight is 365 g/mol. The number of amides is 2. The zero-order valence-corrected chi connectivity index (χ0v) is 15.5. The number of sulfonamides is 1. The summed E-state index contributed by atoms with van der Waals surface area (Å²) in [4.78, 5) is 26.5. The topological polar surface area (TPSA) is 86.8 Å². The van der Waals surface area contributed by atoms with E-state index in [1.807, 2.05) is 19.9 Å². The lowest BCUT2D eigenvalue weighted by Gasteiger charge is -2.44. The number of hydrogen-bond donors (Lipinski definition) is 1. The van der Waals surface area contributed by atoms with E-state index >= 15 is 0 Å². The highest BCUT2D eigenvalue weighted by atomic mass is 32.2. The monoisotopic (exact) mass is 365 g/mol. The zero-order chi connectivity index (χ0) is 18.4. The lowest BCUT2D eigenvalue weighted by molar-refractivity contribution is -0.151. The van der Waals surface area contributed by atoms with Crippen LogP contribution in [0.25, 0.3) is 0 Å². The average Bonchev–Trinajstić information content (AvgIpc) is 2.59. The Hall–Kier alpha value is -1.93. The minimum Gasteiger partial charge on any atom is -0.342 e. The third-order valence-electron chi connectivity index (χ3n) is 4.91. The van der Waals surface area contributed by atoms with Crippen molar-refractivity contribution in [3.8, 4) is 0 Å². The molecule has 0 spiro atoms. The van der Waals surface area contributed by atoms with Gasteiger partial charge in [0.1, 0.15) is 12.1 Å². The number of nitrogens with zero attached hydrogens (tertiary/aromatic N) is 2. The molecule has 2 saturated heterocycles. The summed E-state index contributed by atoms with van der Waals surface area (Å²) in [6, 6.07) is 4.02. The molecule has 2 heterocycles. The predicted octanol–water partition coefficient (Wildman–Crippen LogP) is 0.413. The second kappa shape index (κ2) is 6.42. The normalized spacial score (nSPS) is 24.8. The van der Waals surface area contributed by atoms with Gasteiger partial charge in [0.15, 0.2) is 0 Å². The predicted molar refractivity (Wildman–Crippen MR) is 92.4 cm³/mol. The summed E-state index contributed by atoms with van der Waals surface area (Å²) >= 11 is 0. The Morgan fingerprint density at radius 1 is 1.20 bits per heavy atom. The first-order chi connectivity index (χ1) is 11.8. The van der Waals surface area contributed by atoms with E-state index in [0.29, 0.717) is 12.0 Å². The molecule has 1 N–H and O–H groups in total. The molecule has 1 aromatic rings. The van der Waals surface area contributed by atoms with E-state index in [0.717, 1.165) is 5.56 Å². The van der Waals surface area contributed by atoms with Gasteiger partial charge in [0.2, 0.25) is 21.8 Å². The second-order valence-electron chi connectivity index (χ2n) is 6.65. The minimum absolute atomic E-state index is 0.0102. The van der Waals surface area contributed by atoms with Gasteiger partial charge in [0.25, 0.3) is 0 Å². The van der Waals surface area contributed by atoms with Crippen LogP contribution in [0.2, 0.25) is 0 Å². The summed E-state index contributed by atoms with van der Waals surface area (Å²) < 4.78 is 27.4. The van der Waals surface area contributed by atoms with Crippen LogP contribution >= 0.6 is 0 Å². The Labute approximate surface area is 148 Å². The molecule has 0 radical (unpaired) electrons. The van der Waals surface area contributed by atoms with E-state index in [-0.39, 0.29) is 36.3 Å². The fourth-order valence-electron chi connectivity index (χ4n) is 3.40. The Kier molecular flexibility index (Phi) is 4.59. The third-order valence-corrected chi connectivity index (χ3v) is 6.92. The summed E-state index contributed by atoms with van der Waals surface area (Å²) in [5, 5.41) is 2.70. The fraction of sp³-hybridized carbons (Fsp3) is 0.529. The molecular weight excluding hydrogens is 342 g/mol. The van der Waals surface area contributed by atoms with Crippen molar-refractivity contribution >= 4 is 21.8 Å². The van der Waals surface area contributed by atoms with Crippen molar-refractivity contribution in [3.05, 3.63) is 29.3 Å². The molecule has 1 aromatic carbocycles. The molecule has 0 bridgehead atoms. The van der Waals surface area contributed by atoms with Gasteiger partial charge in [-0.1, -0.05) is 19.1 Å². The summed E-state index contributed by atoms with van der Waals surface area (Å²) in [6.45, 7) is 5.85. The molecule has 0 unspecified atom stereocenters. The number of piperazine rings is 2. The summed E-state index contributed by atoms with van der Waals surface area (Å²) in [5.74, 6) is -0.414. The van der Waals surface area contributed by atoms with Crippen LogP contribution in [-0.2, 0) is 19.6 Å². The van der Waals surface area contributed by atoms with Crippen LogP contribution < -0.4 is 5.32 Å². The first-order valence-corrected chi connectivity index (χ1v) is 9.88. The Morgan fingerprint density at radius 2 is 1.92 bits per heavy atom. The largest absolute Gasteiger partial charge is 0.342 e. The smallest absolute Gasteiger partial charge is 0.245 e. The minimum atomic E-state index is -3.71. The van der Waals surface area contributed by atoms with Gasteiger partial charge in [-0.05, 0) is 37.5 Å². The first-order valence-electron chi connectivity index (χ1n) is 8.44. The molecule has 3 rings (SSSR count). The zero-order valence-electron chi connectivity index (χ0n) is 14.7. The van der Waals surface area contributed by atoms with E-state index in [1.165, 1.54) is 9.21 Å². The molecule has 0 aromatic heterocycles. The van der Waals surface area contributed by atoms with E-state index in [9.17, 15) is 18.0 Å². The highest BCUT2D eigenvalue weighted by Gasteiger charge is 2.45. The lowest BCUT2D eigenvalue weighted by Crippen LogP contribution is -2.69. The molecule has 0 saturated carbocycles. The number of nitrogens with one attached hydrogen (secondary N) is 1. The number of hydrogen-bond acceptors (Lipinski definition) is 4. The van der Waals surface area contributed by atoms with Crippen molar-refractivity contribution in [3.63, 3.8) is 0 Å². The number of aryl methyl sites for hydroxylation is 2. The van der Waals surface area contributed by atoms with Gasteiger partial charge in [0, 0.05) is 19.6 Å². The van der Waals surface area contributed by atoms with Gasteiger partial charge >= 0.3 is 0 Å². The molecule has 2 amide bonds. The maximum Gasteiger partial charge on any atom is 0.245 e. The number of carbonyl (C=O) groups excluding carboxylic acids is 2. The Bertz CT molecular complexity index is 821. The van der Waals surface area contributed by atoms with Gasteiger partial charge in [0.05, 0.1) is 4.90 Å². The van der Waals surface area contributed by atoms with Crippen molar-refractivity contribution in [2.45, 2.75) is 44.2 Å². The molecule has 2 fully saturated rings. The van der Waals surface area contributed by atoms with Crippen molar-refractivity contribution in [2.24, 2.45) is 0 Å². The van der Waals surface area contributed by atoms with Gasteiger partial charge in [-0.15, -0.1) is 0 Å². The maximum absolute atomic E-state index is 13.0. The van der Waals surface area contributed by atoms with E-state index in [4.69, 9.17) is 0 Å². The maximum atomic E-state index is 13.0. The Balaban J connectivity index is 1.88. The summed E-state index contributed by atoms with van der Waals surface area (Å²) in [6.07, 6.45) is 0.526. The van der Waals surface area contributed by atoms with Crippen LogP contribution in [0, 0.1) is 13.8 Å². The molecule has 7 nitrogen and oxygen atoms in total. The van der Waals surface area contributed by atoms with E-state index in [1.54, 1.807) is 19.1 Å². The quantitative estimate of drug-likeness (QED) is 0.841. The molecule has 2 aliphatic rings. The number of rotatable bonds is 3. The highest BCUT2D eigenvalue weighted by molar-refractivity contribution is 7.89. The molecule has 2 aliphatic heterocycles. The van der Waals surface area contributed by atoms with Crippen molar-refractivity contribution < 1.29 is 18.0 Å². The number of fused-ring (bicyclic) bond motifs is 1. The summed E-state index contributed by atoms with van der Waals surface area (Å²) in [7, 11) is -3.71. The summed E-state index contributed by atoms with van der Waals surface area (Å²) in [5.41, 5.74) is 1.53. The Morgan fingerprint density at radius 3 is 2.60 bits per heavy atom. The van der Waals surface area contributed by atoms with Crippen LogP contribution in [0.5, 0.6) is 0 Å². The highest BCUT2D eigenvalue weighted by Crippen LogP contribution is 2.25. The number of carbonyl (C=O) groups is 2. The third kappa shape index (κ3) is 3.04. The van der Waals surface area contributed by atoms with Crippen LogP contribution in [0.15, 0.2) is 23.1 Å². The molecule has 2 atom stereocenters. The molecule has 8 heteroatoms. The van der Waals surface area contributed by atoms with Crippen LogP contribution in [-0.4, -0.2) is 61.2 Å². The van der Waals surface area contributed by atoms with Gasteiger partial charge < -0.3 is 10.2 Å². The first kappa shape index (κ1) is 17.9. The fourth-order valence-corrected chi connectivity index (χ4v) is 5.14. The van der Waals surface area contributed by atoms with Gasteiger partial charge in [-0.3, -0.25) is 9.59 Å². The van der Waals surface area contributed by atoms with Crippen molar-refractivity contribution in [2.75, 3.05) is 19.6 Å². The van der Waals surface area contributed by atoms with Crippen molar-refractivity contribution in [1.82, 2.24) is 14.5 Å².